The lowest BCUT2D eigenvalue weighted by molar-refractivity contribution is -0.154. The summed E-state index contributed by atoms with van der Waals surface area (Å²) in [5.74, 6) is -1.00. The summed E-state index contributed by atoms with van der Waals surface area (Å²) in [4.78, 5) is 10.6. The van der Waals surface area contributed by atoms with Crippen LogP contribution in [-0.4, -0.2) is 36.7 Å². The molecule has 5 heteroatoms. The average Bonchev–Trinajstić information content (AvgIpc) is 2.79. The van der Waals surface area contributed by atoms with Gasteiger partial charge in [0.25, 0.3) is 0 Å². The minimum atomic E-state index is -1.00. The number of carbonyl (C=O) groups is 1. The van der Waals surface area contributed by atoms with E-state index >= 15 is 0 Å². The molecule has 1 N–H and O–H groups in total. The summed E-state index contributed by atoms with van der Waals surface area (Å²) >= 11 is 0. The Labute approximate surface area is 98.9 Å². The van der Waals surface area contributed by atoms with Crippen molar-refractivity contribution in [1.82, 2.24) is 0 Å². The number of hydrogen-bond donors (Lipinski definition) is 1. The molecule has 2 atom stereocenters. The van der Waals surface area contributed by atoms with Crippen LogP contribution in [0, 0.1) is 0 Å². The van der Waals surface area contributed by atoms with Gasteiger partial charge in [-0.15, -0.1) is 0 Å². The Morgan fingerprint density at radius 3 is 2.82 bits per heavy atom. The summed E-state index contributed by atoms with van der Waals surface area (Å²) in [6, 6.07) is 9.71. The first-order valence-electron chi connectivity index (χ1n) is 5.37. The van der Waals surface area contributed by atoms with Gasteiger partial charge >= 0.3 is 5.97 Å². The quantitative estimate of drug-likeness (QED) is 0.830. The van der Waals surface area contributed by atoms with Crippen LogP contribution in [0.2, 0.25) is 0 Å². The molecule has 17 heavy (non-hydrogen) atoms. The highest BCUT2D eigenvalue weighted by molar-refractivity contribution is 5.72. The third kappa shape index (κ3) is 3.52. The number of carboxylic acids is 1. The molecule has 2 rings (SSSR count). The molecule has 5 nitrogen and oxygen atoms in total. The SMILES string of the molecule is O=C(O)C1COC(COCc2ccccc2)O1. The molecular formula is C12H14O5. The van der Waals surface area contributed by atoms with E-state index in [1.807, 2.05) is 30.3 Å². The Kier molecular flexibility index (Phi) is 4.08. The molecule has 1 aliphatic rings. The van der Waals surface area contributed by atoms with Crippen LogP contribution in [0.25, 0.3) is 0 Å². The van der Waals surface area contributed by atoms with Crippen LogP contribution < -0.4 is 0 Å². The van der Waals surface area contributed by atoms with E-state index in [-0.39, 0.29) is 13.2 Å². The maximum Gasteiger partial charge on any atom is 0.335 e. The number of ether oxygens (including phenoxy) is 3. The molecule has 2 unspecified atom stereocenters. The van der Waals surface area contributed by atoms with Gasteiger partial charge in [0.2, 0.25) is 0 Å². The van der Waals surface area contributed by atoms with Crippen molar-refractivity contribution in [1.29, 1.82) is 0 Å². The van der Waals surface area contributed by atoms with E-state index in [2.05, 4.69) is 0 Å². The van der Waals surface area contributed by atoms with Crippen molar-refractivity contribution in [2.45, 2.75) is 19.0 Å². The lowest BCUT2D eigenvalue weighted by Gasteiger charge is -2.10. The van der Waals surface area contributed by atoms with Gasteiger partial charge in [-0.3, -0.25) is 0 Å². The summed E-state index contributed by atoms with van der Waals surface area (Å²) in [5.41, 5.74) is 1.06. The molecular weight excluding hydrogens is 224 g/mol. The predicted octanol–water partition coefficient (Wildman–Crippen LogP) is 1.03. The van der Waals surface area contributed by atoms with Crippen LogP contribution in [0.15, 0.2) is 30.3 Å². The number of benzene rings is 1. The molecule has 0 aliphatic carbocycles. The van der Waals surface area contributed by atoms with E-state index in [0.29, 0.717) is 6.61 Å². The molecule has 1 heterocycles. The lowest BCUT2D eigenvalue weighted by Crippen LogP contribution is -2.24. The minimum absolute atomic E-state index is 0.0781. The summed E-state index contributed by atoms with van der Waals surface area (Å²) in [6.45, 7) is 0.773. The number of aliphatic carboxylic acids is 1. The molecule has 0 bridgehead atoms. The van der Waals surface area contributed by atoms with Gasteiger partial charge in [0.15, 0.2) is 12.4 Å². The molecule has 0 amide bonds. The fourth-order valence-electron chi connectivity index (χ4n) is 1.52. The van der Waals surface area contributed by atoms with Gasteiger partial charge in [-0.25, -0.2) is 4.79 Å². The second kappa shape index (κ2) is 5.77. The Hall–Kier alpha value is -1.43. The third-order valence-corrected chi connectivity index (χ3v) is 2.39. The molecule has 0 aromatic heterocycles. The van der Waals surface area contributed by atoms with Gasteiger partial charge < -0.3 is 19.3 Å². The van der Waals surface area contributed by atoms with Gasteiger partial charge in [-0.05, 0) is 5.56 Å². The maximum atomic E-state index is 10.6. The van der Waals surface area contributed by atoms with Crippen LogP contribution >= 0.6 is 0 Å². The maximum absolute atomic E-state index is 10.6. The zero-order valence-corrected chi connectivity index (χ0v) is 9.24. The molecule has 1 saturated heterocycles. The van der Waals surface area contributed by atoms with Crippen molar-refractivity contribution in [3.05, 3.63) is 35.9 Å². The second-order valence-corrected chi connectivity index (χ2v) is 3.73. The van der Waals surface area contributed by atoms with Crippen molar-refractivity contribution in [2.75, 3.05) is 13.2 Å². The Morgan fingerprint density at radius 1 is 1.41 bits per heavy atom. The predicted molar refractivity (Wildman–Crippen MR) is 58.3 cm³/mol. The van der Waals surface area contributed by atoms with Crippen LogP contribution in [0.3, 0.4) is 0 Å². The third-order valence-electron chi connectivity index (χ3n) is 2.39. The zero-order valence-electron chi connectivity index (χ0n) is 9.24. The van der Waals surface area contributed by atoms with Gasteiger partial charge in [-0.1, -0.05) is 30.3 Å². The first kappa shape index (κ1) is 12.0. The number of hydrogen-bond acceptors (Lipinski definition) is 4. The molecule has 92 valence electrons. The van der Waals surface area contributed by atoms with Crippen molar-refractivity contribution in [3.63, 3.8) is 0 Å². The van der Waals surface area contributed by atoms with Crippen molar-refractivity contribution in [3.8, 4) is 0 Å². The van der Waals surface area contributed by atoms with Crippen LogP contribution in [0.4, 0.5) is 0 Å². The summed E-state index contributed by atoms with van der Waals surface area (Å²) in [5, 5.41) is 8.69. The van der Waals surface area contributed by atoms with E-state index in [9.17, 15) is 4.79 Å². The summed E-state index contributed by atoms with van der Waals surface area (Å²) < 4.78 is 15.6. The van der Waals surface area contributed by atoms with E-state index in [1.165, 1.54) is 0 Å². The molecule has 1 fully saturated rings. The topological polar surface area (TPSA) is 65.0 Å². The van der Waals surface area contributed by atoms with Crippen molar-refractivity contribution in [2.24, 2.45) is 0 Å². The van der Waals surface area contributed by atoms with E-state index in [4.69, 9.17) is 19.3 Å². The molecule has 0 saturated carbocycles. The van der Waals surface area contributed by atoms with Gasteiger partial charge in [0, 0.05) is 0 Å². The monoisotopic (exact) mass is 238 g/mol. The minimum Gasteiger partial charge on any atom is -0.479 e. The molecule has 0 spiro atoms. The standard InChI is InChI=1S/C12H14O5/c13-12(14)10-7-16-11(17-10)8-15-6-9-4-2-1-3-5-9/h1-5,10-11H,6-8H2,(H,13,14). The lowest BCUT2D eigenvalue weighted by atomic mass is 10.2. The Balaban J connectivity index is 1.68. The normalized spacial score (nSPS) is 23.8. The summed E-state index contributed by atoms with van der Waals surface area (Å²) in [7, 11) is 0. The van der Waals surface area contributed by atoms with Crippen molar-refractivity contribution >= 4 is 5.97 Å². The van der Waals surface area contributed by atoms with E-state index in [0.717, 1.165) is 5.56 Å². The number of carboxylic acid groups (broad SMARTS) is 1. The highest BCUT2D eigenvalue weighted by Crippen LogP contribution is 2.12. The van der Waals surface area contributed by atoms with Gasteiger partial charge in [-0.2, -0.15) is 0 Å². The van der Waals surface area contributed by atoms with Crippen molar-refractivity contribution < 1.29 is 24.1 Å². The van der Waals surface area contributed by atoms with Crippen LogP contribution in [0.1, 0.15) is 5.56 Å². The fourth-order valence-corrected chi connectivity index (χ4v) is 1.52. The van der Waals surface area contributed by atoms with Crippen LogP contribution in [-0.2, 0) is 25.6 Å². The fraction of sp³-hybridized carbons (Fsp3) is 0.417. The zero-order chi connectivity index (χ0) is 12.1. The molecule has 1 aromatic rings. The molecule has 1 aliphatic heterocycles. The molecule has 0 radical (unpaired) electrons. The Morgan fingerprint density at radius 2 is 2.18 bits per heavy atom. The summed E-state index contributed by atoms with van der Waals surface area (Å²) in [6.07, 6.45) is -1.46. The van der Waals surface area contributed by atoms with Gasteiger partial charge in [0.05, 0.1) is 19.8 Å². The van der Waals surface area contributed by atoms with Crippen LogP contribution in [0.5, 0.6) is 0 Å². The smallest absolute Gasteiger partial charge is 0.335 e. The molecule has 1 aromatic carbocycles. The first-order chi connectivity index (χ1) is 8.25. The Bertz CT molecular complexity index is 364. The highest BCUT2D eigenvalue weighted by atomic mass is 16.7. The van der Waals surface area contributed by atoms with Gasteiger partial charge in [0.1, 0.15) is 0 Å². The highest BCUT2D eigenvalue weighted by Gasteiger charge is 2.31. The average molecular weight is 238 g/mol. The first-order valence-corrected chi connectivity index (χ1v) is 5.37. The largest absolute Gasteiger partial charge is 0.479 e. The van der Waals surface area contributed by atoms with E-state index in [1.54, 1.807) is 0 Å². The second-order valence-electron chi connectivity index (χ2n) is 3.73. The van der Waals surface area contributed by atoms with E-state index < -0.39 is 18.4 Å². The number of rotatable bonds is 5.